The standard InChI is InChI=1S/C21H38O7SSi2/c1-7-18(22)11-14-30(3,4)28-31(5,6)15-12-19(23)10-13-29-16-17(2)27-21(26)9-8-20(24)25/h7,17H,1,8-16H2,2-6H3,(H,24,25). The van der Waals surface area contributed by atoms with E-state index in [2.05, 4.69) is 32.8 Å². The summed E-state index contributed by atoms with van der Waals surface area (Å²) in [5.41, 5.74) is 0. The number of hydrogen-bond acceptors (Lipinski definition) is 7. The van der Waals surface area contributed by atoms with Crippen LogP contribution in [0.2, 0.25) is 38.3 Å². The van der Waals surface area contributed by atoms with Gasteiger partial charge in [0.15, 0.2) is 22.4 Å². The molecule has 0 bridgehead atoms. The molecular formula is C21H38O7SSi2. The zero-order chi connectivity index (χ0) is 24.1. The van der Waals surface area contributed by atoms with Crippen molar-refractivity contribution in [3.8, 4) is 0 Å². The lowest BCUT2D eigenvalue weighted by molar-refractivity contribution is -0.150. The van der Waals surface area contributed by atoms with Gasteiger partial charge in [0, 0.05) is 30.8 Å². The van der Waals surface area contributed by atoms with Gasteiger partial charge in [0.25, 0.3) is 0 Å². The number of carboxylic acids is 1. The molecule has 0 saturated heterocycles. The second-order valence-corrected chi connectivity index (χ2v) is 18.9. The largest absolute Gasteiger partial charge is 0.481 e. The lowest BCUT2D eigenvalue weighted by Crippen LogP contribution is -2.44. The maximum Gasteiger partial charge on any atom is 0.306 e. The van der Waals surface area contributed by atoms with Gasteiger partial charge in [0.2, 0.25) is 0 Å². The molecule has 0 aliphatic heterocycles. The lowest BCUT2D eigenvalue weighted by Gasteiger charge is -2.34. The molecule has 1 atom stereocenters. The Labute approximate surface area is 192 Å². The molecule has 1 unspecified atom stereocenters. The molecule has 0 spiro atoms. The van der Waals surface area contributed by atoms with Crippen LogP contribution in [0.15, 0.2) is 12.7 Å². The van der Waals surface area contributed by atoms with Crippen molar-refractivity contribution < 1.29 is 33.1 Å². The number of carbonyl (C=O) groups excluding carboxylic acids is 3. The maximum atomic E-state index is 12.2. The van der Waals surface area contributed by atoms with E-state index in [-0.39, 0.29) is 30.5 Å². The molecule has 0 fully saturated rings. The Balaban J connectivity index is 4.11. The summed E-state index contributed by atoms with van der Waals surface area (Å²) in [6.07, 6.45) is 2.10. The Hall–Kier alpha value is -1.24. The molecule has 1 N–H and O–H groups in total. The third-order valence-corrected chi connectivity index (χ3v) is 13.0. The highest BCUT2D eigenvalue weighted by atomic mass is 32.2. The van der Waals surface area contributed by atoms with Crippen LogP contribution in [-0.2, 0) is 28.0 Å². The molecule has 7 nitrogen and oxygen atoms in total. The van der Waals surface area contributed by atoms with Crippen molar-refractivity contribution in [3.63, 3.8) is 0 Å². The lowest BCUT2D eigenvalue weighted by atomic mass is 10.2. The first-order chi connectivity index (χ1) is 14.3. The van der Waals surface area contributed by atoms with Crippen molar-refractivity contribution in [2.45, 2.75) is 83.4 Å². The molecule has 0 rings (SSSR count). The number of rotatable bonds is 18. The van der Waals surface area contributed by atoms with Crippen LogP contribution in [-0.4, -0.2) is 62.9 Å². The van der Waals surface area contributed by atoms with Crippen molar-refractivity contribution in [2.24, 2.45) is 0 Å². The van der Waals surface area contributed by atoms with Crippen LogP contribution in [0.3, 0.4) is 0 Å². The zero-order valence-corrected chi connectivity index (χ0v) is 22.3. The molecule has 0 radical (unpaired) electrons. The third kappa shape index (κ3) is 17.0. The van der Waals surface area contributed by atoms with Gasteiger partial charge >= 0.3 is 11.9 Å². The Morgan fingerprint density at radius 1 is 0.968 bits per heavy atom. The minimum absolute atomic E-state index is 0.0423. The summed E-state index contributed by atoms with van der Waals surface area (Å²) < 4.78 is 11.6. The van der Waals surface area contributed by atoms with Gasteiger partial charge in [-0.3, -0.25) is 19.2 Å². The smallest absolute Gasteiger partial charge is 0.306 e. The molecule has 10 heteroatoms. The van der Waals surface area contributed by atoms with E-state index in [9.17, 15) is 19.2 Å². The Kier molecular flexibility index (Phi) is 14.2. The van der Waals surface area contributed by atoms with Gasteiger partial charge in [-0.2, -0.15) is 11.8 Å². The number of ether oxygens (including phenoxy) is 1. The van der Waals surface area contributed by atoms with Crippen LogP contribution < -0.4 is 0 Å². The van der Waals surface area contributed by atoms with Crippen LogP contribution in [0, 0.1) is 0 Å². The number of ketones is 2. The molecule has 0 aromatic carbocycles. The number of aliphatic carboxylic acids is 1. The first kappa shape index (κ1) is 29.8. The molecule has 31 heavy (non-hydrogen) atoms. The van der Waals surface area contributed by atoms with E-state index in [1.54, 1.807) is 18.7 Å². The molecule has 0 heterocycles. The fourth-order valence-electron chi connectivity index (χ4n) is 2.90. The average molecular weight is 491 g/mol. The molecule has 0 aromatic heterocycles. The van der Waals surface area contributed by atoms with Crippen LogP contribution in [0.5, 0.6) is 0 Å². The molecule has 0 aromatic rings. The predicted molar refractivity (Wildman–Crippen MR) is 129 cm³/mol. The summed E-state index contributed by atoms with van der Waals surface area (Å²) >= 11 is 1.54. The summed E-state index contributed by atoms with van der Waals surface area (Å²) in [4.78, 5) is 45.7. The number of Topliss-reactive ketones (excluding diaryl/α,β-unsaturated/α-hetero) is 1. The topological polar surface area (TPSA) is 107 Å². The minimum Gasteiger partial charge on any atom is -0.481 e. The van der Waals surface area contributed by atoms with Crippen LogP contribution in [0.1, 0.15) is 39.0 Å². The van der Waals surface area contributed by atoms with Gasteiger partial charge in [-0.15, -0.1) is 0 Å². The summed E-state index contributed by atoms with van der Waals surface area (Å²) in [5.74, 6) is -0.0759. The van der Waals surface area contributed by atoms with E-state index < -0.39 is 28.6 Å². The van der Waals surface area contributed by atoms with Crippen LogP contribution in [0.25, 0.3) is 0 Å². The van der Waals surface area contributed by atoms with Gasteiger partial charge < -0.3 is 14.0 Å². The Morgan fingerprint density at radius 2 is 1.55 bits per heavy atom. The summed E-state index contributed by atoms with van der Waals surface area (Å²) in [5, 5.41) is 8.56. The van der Waals surface area contributed by atoms with E-state index >= 15 is 0 Å². The van der Waals surface area contributed by atoms with Crippen molar-refractivity contribution >= 4 is 51.9 Å². The zero-order valence-electron chi connectivity index (χ0n) is 19.5. The van der Waals surface area contributed by atoms with Crippen molar-refractivity contribution in [2.75, 3.05) is 11.5 Å². The predicted octanol–water partition coefficient (Wildman–Crippen LogP) is 4.44. The number of esters is 1. The summed E-state index contributed by atoms with van der Waals surface area (Å²) in [6, 6.07) is 1.53. The van der Waals surface area contributed by atoms with Gasteiger partial charge in [-0.1, -0.05) is 6.58 Å². The SMILES string of the molecule is C=CC(=O)CC[Si](C)(C)O[Si](C)(C)CCC(=O)CCSCC(C)OC(=O)CCC(=O)O. The quantitative estimate of drug-likeness (QED) is 0.130. The average Bonchev–Trinajstić information content (AvgIpc) is 2.65. The fraction of sp³-hybridized carbons (Fsp3) is 0.714. The number of allylic oxidation sites excluding steroid dienone is 1. The molecule has 0 amide bonds. The van der Waals surface area contributed by atoms with E-state index in [1.165, 1.54) is 6.08 Å². The van der Waals surface area contributed by atoms with E-state index in [0.29, 0.717) is 30.8 Å². The molecule has 0 aliphatic rings. The highest BCUT2D eigenvalue weighted by Crippen LogP contribution is 2.24. The Bertz CT molecular complexity index is 635. The Morgan fingerprint density at radius 3 is 2.10 bits per heavy atom. The normalized spacial score (nSPS) is 12.8. The van der Waals surface area contributed by atoms with Crippen molar-refractivity contribution in [1.29, 1.82) is 0 Å². The van der Waals surface area contributed by atoms with Crippen molar-refractivity contribution in [1.82, 2.24) is 0 Å². The summed E-state index contributed by atoms with van der Waals surface area (Å²) in [6.45, 7) is 13.7. The van der Waals surface area contributed by atoms with E-state index in [1.807, 2.05) is 0 Å². The fourth-order valence-corrected chi connectivity index (χ4v) is 12.4. The third-order valence-electron chi connectivity index (χ3n) is 4.51. The molecule has 0 aliphatic carbocycles. The summed E-state index contributed by atoms with van der Waals surface area (Å²) in [7, 11) is -3.94. The number of thioether (sulfide) groups is 1. The first-order valence-corrected chi connectivity index (χ1v) is 18.0. The number of carboxylic acid groups (broad SMARTS) is 1. The van der Waals surface area contributed by atoms with E-state index in [0.717, 1.165) is 12.1 Å². The monoisotopic (exact) mass is 490 g/mol. The molecule has 178 valence electrons. The minimum atomic E-state index is -1.99. The molecule has 0 saturated carbocycles. The van der Waals surface area contributed by atoms with Crippen LogP contribution >= 0.6 is 11.8 Å². The second kappa shape index (κ2) is 14.8. The van der Waals surface area contributed by atoms with Gasteiger partial charge in [-0.05, 0) is 51.3 Å². The second-order valence-electron chi connectivity index (χ2n) is 8.85. The first-order valence-electron chi connectivity index (χ1n) is 10.6. The highest BCUT2D eigenvalue weighted by Gasteiger charge is 2.33. The maximum absolute atomic E-state index is 12.2. The van der Waals surface area contributed by atoms with Gasteiger partial charge in [0.1, 0.15) is 11.9 Å². The van der Waals surface area contributed by atoms with Gasteiger partial charge in [0.05, 0.1) is 12.8 Å². The number of hydrogen-bond donors (Lipinski definition) is 1. The van der Waals surface area contributed by atoms with Crippen molar-refractivity contribution in [3.05, 3.63) is 12.7 Å². The number of carbonyl (C=O) groups is 4. The van der Waals surface area contributed by atoms with Gasteiger partial charge in [-0.25, -0.2) is 0 Å². The highest BCUT2D eigenvalue weighted by molar-refractivity contribution is 7.99. The van der Waals surface area contributed by atoms with Crippen LogP contribution in [0.4, 0.5) is 0 Å². The molecular weight excluding hydrogens is 452 g/mol. The van der Waals surface area contributed by atoms with E-state index in [4.69, 9.17) is 14.0 Å².